The van der Waals surface area contributed by atoms with Gasteiger partial charge in [-0.15, -0.1) is 0 Å². The highest BCUT2D eigenvalue weighted by Gasteiger charge is 2.40. The Kier molecular flexibility index (Phi) is 12.3. The number of nitrogens with zero attached hydrogens (tertiary/aromatic N) is 7. The van der Waals surface area contributed by atoms with Gasteiger partial charge >= 0.3 is 0 Å². The highest BCUT2D eigenvalue weighted by Crippen LogP contribution is 2.42. The molecule has 2 N–H and O–H groups in total. The number of anilines is 2. The molecule has 0 saturated carbocycles. The van der Waals surface area contributed by atoms with Crippen LogP contribution in [0.5, 0.6) is 0 Å². The zero-order chi connectivity index (χ0) is 43.2. The van der Waals surface area contributed by atoms with E-state index in [1.54, 1.807) is 0 Å². The van der Waals surface area contributed by atoms with E-state index in [1.807, 2.05) is 49.0 Å². The van der Waals surface area contributed by atoms with Crippen molar-refractivity contribution in [3.63, 3.8) is 0 Å². The first-order valence-corrected chi connectivity index (χ1v) is 22.6. The summed E-state index contributed by atoms with van der Waals surface area (Å²) in [6.45, 7) is 21.6. The summed E-state index contributed by atoms with van der Waals surface area (Å²) < 4.78 is 29.2. The van der Waals surface area contributed by atoms with Gasteiger partial charge in [0, 0.05) is 99.8 Å². The number of nitrogens with one attached hydrogen (secondary N) is 2. The number of pyridine rings is 1. The van der Waals surface area contributed by atoms with Gasteiger partial charge in [0.15, 0.2) is 0 Å². The van der Waals surface area contributed by atoms with Crippen LogP contribution in [0.4, 0.5) is 20.3 Å². The largest absolute Gasteiger partial charge is 0.366 e. The fraction of sp³-hybridized carbons (Fsp3) is 0.542. The molecule has 2 unspecified atom stereocenters. The van der Waals surface area contributed by atoms with Crippen molar-refractivity contribution in [3.05, 3.63) is 94.4 Å². The number of halogens is 2. The summed E-state index contributed by atoms with van der Waals surface area (Å²) in [5, 5.41) is 11.2. The fourth-order valence-corrected chi connectivity index (χ4v) is 10.7. The topological polar surface area (TPSA) is 104 Å². The molecule has 2 aromatic carbocycles. The second-order valence-corrected chi connectivity index (χ2v) is 17.9. The second kappa shape index (κ2) is 17.5. The van der Waals surface area contributed by atoms with E-state index in [4.69, 9.17) is 4.98 Å². The van der Waals surface area contributed by atoms with E-state index in [1.165, 1.54) is 11.3 Å². The van der Waals surface area contributed by atoms with Crippen LogP contribution in [0.15, 0.2) is 61.1 Å². The zero-order valence-electron chi connectivity index (χ0n) is 36.8. The predicted octanol–water partition coefficient (Wildman–Crippen LogP) is 7.85. The second-order valence-electron chi connectivity index (χ2n) is 17.9. The number of H-pyrrole nitrogens is 1. The molecule has 11 nitrogen and oxygen atoms in total. The molecule has 13 heteroatoms. The Hall–Kier alpha value is -4.88. The summed E-state index contributed by atoms with van der Waals surface area (Å²) in [5.41, 5.74) is 8.91. The van der Waals surface area contributed by atoms with Gasteiger partial charge in [0.25, 0.3) is 11.8 Å². The number of carbonyl (C=O) groups is 2. The third kappa shape index (κ3) is 8.52. The molecule has 3 fully saturated rings. The van der Waals surface area contributed by atoms with Crippen LogP contribution in [0, 0.1) is 12.8 Å². The number of fused-ring (bicyclic) bond motifs is 4. The van der Waals surface area contributed by atoms with Crippen molar-refractivity contribution in [2.24, 2.45) is 5.92 Å². The van der Waals surface area contributed by atoms with E-state index in [2.05, 4.69) is 81.0 Å². The van der Waals surface area contributed by atoms with Crippen LogP contribution in [0.2, 0.25) is 0 Å². The summed E-state index contributed by atoms with van der Waals surface area (Å²) in [6.07, 6.45) is 8.69. The fourth-order valence-electron chi connectivity index (χ4n) is 10.7. The summed E-state index contributed by atoms with van der Waals surface area (Å²) in [4.78, 5) is 41.8. The summed E-state index contributed by atoms with van der Waals surface area (Å²) in [7, 11) is 0. The van der Waals surface area contributed by atoms with Gasteiger partial charge in [0.1, 0.15) is 5.82 Å². The molecule has 0 aliphatic carbocycles. The zero-order valence-corrected chi connectivity index (χ0v) is 36.8. The molecular formula is C48H63F2N9O2. The normalized spacial score (nSPS) is 24.1. The molecule has 7 heterocycles. The van der Waals surface area contributed by atoms with E-state index in [0.29, 0.717) is 43.5 Å². The van der Waals surface area contributed by atoms with Crippen LogP contribution in [0.1, 0.15) is 111 Å². The number of piperidine rings is 2. The van der Waals surface area contributed by atoms with E-state index in [9.17, 15) is 18.4 Å². The molecule has 0 spiro atoms. The number of hydrogen-bond acceptors (Lipinski definition) is 8. The maximum atomic E-state index is 14.6. The van der Waals surface area contributed by atoms with E-state index >= 15 is 0 Å². The molecule has 4 aromatic rings. The van der Waals surface area contributed by atoms with Gasteiger partial charge < -0.3 is 20.0 Å². The number of amides is 2. The van der Waals surface area contributed by atoms with Crippen molar-refractivity contribution in [1.82, 2.24) is 35.2 Å². The minimum atomic E-state index is -2.83. The molecule has 2 amide bonds. The highest BCUT2D eigenvalue weighted by molar-refractivity contribution is 6.00. The molecule has 0 bridgehead atoms. The van der Waals surface area contributed by atoms with Crippen molar-refractivity contribution in [2.45, 2.75) is 117 Å². The smallest absolute Gasteiger partial charge is 0.257 e. The Morgan fingerprint density at radius 1 is 0.984 bits per heavy atom. The lowest BCUT2D eigenvalue weighted by molar-refractivity contribution is -0.121. The third-order valence-electron chi connectivity index (χ3n) is 13.8. The van der Waals surface area contributed by atoms with Gasteiger partial charge in [0.05, 0.1) is 30.3 Å². The number of benzene rings is 2. The van der Waals surface area contributed by atoms with Gasteiger partial charge in [-0.05, 0) is 104 Å². The highest BCUT2D eigenvalue weighted by atomic mass is 19.3. The molecule has 5 aliphatic heterocycles. The molecule has 3 saturated heterocycles. The van der Waals surface area contributed by atoms with Gasteiger partial charge in [-0.25, -0.2) is 13.8 Å². The number of hydrogen-bond donors (Lipinski definition) is 2. The third-order valence-corrected chi connectivity index (χ3v) is 13.8. The minimum Gasteiger partial charge on any atom is -0.366 e. The Morgan fingerprint density at radius 3 is 2.48 bits per heavy atom. The standard InChI is InChI=1S/C46H57F2N9O2.C2H6/c1-6-34-26-53(17-18-55(34)41-21-33-25-56(45(59)36(33)19-28(41)2)40-10-12-43(58)51-30(40)4)24-31-13-15-54(16-14-31)42-11-7-32(22-49-42)44-35-8-9-39-38(23-50-52-39)37(35)20-29(3)57(44)27-46(5,47)48;1-2/h7-9,11,19,21-23,29,31,34,40,44H,4,6,10,12-18,20,24-27H2,1-3,5H3,(H,50,52)(H,51,58);1-2H3/t29-,34?,40+,44?;/m1./s1. The van der Waals surface area contributed by atoms with Gasteiger partial charge in [-0.1, -0.05) is 39.5 Å². The Morgan fingerprint density at radius 2 is 1.77 bits per heavy atom. The number of aryl methyl sites for hydroxylation is 1. The summed E-state index contributed by atoms with van der Waals surface area (Å²) >= 11 is 0. The Labute approximate surface area is 359 Å². The van der Waals surface area contributed by atoms with E-state index in [-0.39, 0.29) is 36.5 Å². The predicted molar refractivity (Wildman–Crippen MR) is 238 cm³/mol. The number of aromatic amines is 1. The summed E-state index contributed by atoms with van der Waals surface area (Å²) in [6, 6.07) is 12.4. The molecule has 326 valence electrons. The first kappa shape index (κ1) is 42.8. The first-order chi connectivity index (χ1) is 29.3. The van der Waals surface area contributed by atoms with Crippen LogP contribution in [0.3, 0.4) is 0 Å². The molecule has 0 radical (unpaired) electrons. The van der Waals surface area contributed by atoms with Crippen molar-refractivity contribution in [3.8, 4) is 0 Å². The van der Waals surface area contributed by atoms with Crippen LogP contribution >= 0.6 is 0 Å². The van der Waals surface area contributed by atoms with Crippen molar-refractivity contribution in [2.75, 3.05) is 55.6 Å². The maximum absolute atomic E-state index is 14.6. The molecule has 4 atom stereocenters. The van der Waals surface area contributed by atoms with Crippen molar-refractivity contribution in [1.29, 1.82) is 0 Å². The Balaban J connectivity index is 0.00000253. The molecular weight excluding hydrogens is 773 g/mol. The van der Waals surface area contributed by atoms with Crippen LogP contribution in [0.25, 0.3) is 10.9 Å². The van der Waals surface area contributed by atoms with Gasteiger partial charge in [-0.2, -0.15) is 5.10 Å². The lowest BCUT2D eigenvalue weighted by atomic mass is 9.83. The number of aromatic nitrogens is 3. The molecule has 9 rings (SSSR count). The number of alkyl halides is 2. The lowest BCUT2D eigenvalue weighted by Crippen LogP contribution is -2.54. The van der Waals surface area contributed by atoms with E-state index < -0.39 is 5.92 Å². The van der Waals surface area contributed by atoms with Gasteiger partial charge in [-0.3, -0.25) is 24.5 Å². The monoisotopic (exact) mass is 836 g/mol. The first-order valence-electron chi connectivity index (χ1n) is 22.6. The van der Waals surface area contributed by atoms with Crippen LogP contribution in [-0.4, -0.2) is 112 Å². The number of piperazine rings is 1. The summed E-state index contributed by atoms with van der Waals surface area (Å²) in [5.74, 6) is -1.28. The quantitative estimate of drug-likeness (QED) is 0.176. The Bertz CT molecular complexity index is 2250. The molecule has 5 aliphatic rings. The van der Waals surface area contributed by atoms with Crippen molar-refractivity contribution >= 4 is 34.2 Å². The molecule has 2 aromatic heterocycles. The minimum absolute atomic E-state index is 0.0260. The average Bonchev–Trinajstić information content (AvgIpc) is 3.86. The number of carbonyl (C=O) groups excluding carboxylic acids is 2. The number of rotatable bonds is 9. The SMILES string of the molecule is C=C1NC(=O)CC[C@@H]1N1Cc2cc(N3CCN(CC4CCN(c5ccc(C6c7ccc8[nH]ncc8c7C[C@@H](C)N6CC(C)(F)F)cn5)CC4)CC3CC)c(C)cc2C1=O.CC. The molecule has 61 heavy (non-hydrogen) atoms. The average molecular weight is 836 g/mol. The van der Waals surface area contributed by atoms with Gasteiger partial charge in [0.2, 0.25) is 5.91 Å². The lowest BCUT2D eigenvalue weighted by Gasteiger charge is -2.45. The van der Waals surface area contributed by atoms with Crippen molar-refractivity contribution < 1.29 is 18.4 Å². The van der Waals surface area contributed by atoms with E-state index in [0.717, 1.165) is 110 Å². The van der Waals surface area contributed by atoms with Crippen LogP contribution < -0.4 is 15.1 Å². The van der Waals surface area contributed by atoms with Crippen LogP contribution in [-0.2, 0) is 17.8 Å². The maximum Gasteiger partial charge on any atom is 0.257 e.